The van der Waals surface area contributed by atoms with Gasteiger partial charge in [0.25, 0.3) is 0 Å². The lowest BCUT2D eigenvalue weighted by atomic mass is 10.00. The van der Waals surface area contributed by atoms with E-state index in [4.69, 9.17) is 0 Å². The molecule has 0 saturated heterocycles. The number of carbonyl (C=O) groups is 1. The van der Waals surface area contributed by atoms with Gasteiger partial charge in [-0.3, -0.25) is 0 Å². The summed E-state index contributed by atoms with van der Waals surface area (Å²) in [5.74, 6) is 0. The largest absolute Gasteiger partial charge is 0.394 e. The fourth-order valence-corrected chi connectivity index (χ4v) is 2.60. The molecular formula is C17H28N2O3. The first-order valence-corrected chi connectivity index (χ1v) is 7.66. The van der Waals surface area contributed by atoms with Gasteiger partial charge < -0.3 is 20.4 Å². The molecule has 5 heteroatoms. The molecule has 0 aliphatic carbocycles. The Morgan fingerprint density at radius 1 is 1.23 bits per heavy atom. The number of benzene rings is 1. The van der Waals surface area contributed by atoms with E-state index < -0.39 is 6.10 Å². The number of carbonyl (C=O) groups excluding carboxylic acids is 1. The van der Waals surface area contributed by atoms with Gasteiger partial charge in [-0.05, 0) is 51.3 Å². The molecule has 22 heavy (non-hydrogen) atoms. The molecule has 0 saturated carbocycles. The lowest BCUT2D eigenvalue weighted by Gasteiger charge is -2.29. The molecule has 0 fully saturated rings. The molecule has 2 atom stereocenters. The van der Waals surface area contributed by atoms with Crippen molar-refractivity contribution in [2.45, 2.75) is 53.3 Å². The van der Waals surface area contributed by atoms with Crippen LogP contribution in [0.3, 0.4) is 0 Å². The van der Waals surface area contributed by atoms with Crippen LogP contribution in [-0.4, -0.2) is 46.4 Å². The molecule has 5 nitrogen and oxygen atoms in total. The molecule has 1 aromatic carbocycles. The van der Waals surface area contributed by atoms with E-state index in [0.29, 0.717) is 6.54 Å². The summed E-state index contributed by atoms with van der Waals surface area (Å²) in [6.45, 7) is 9.99. The number of hydrogen-bond donors (Lipinski definition) is 3. The van der Waals surface area contributed by atoms with E-state index in [9.17, 15) is 15.0 Å². The SMILES string of the molecule is Cc1cc(C)c(CNC(=O)N(C[C@@H](C)O)[C@@H](C)CO)c(C)c1. The summed E-state index contributed by atoms with van der Waals surface area (Å²) in [6, 6.07) is 3.58. The number of amides is 2. The molecule has 0 aliphatic heterocycles. The van der Waals surface area contributed by atoms with Crippen LogP contribution >= 0.6 is 0 Å². The number of hydrogen-bond acceptors (Lipinski definition) is 3. The summed E-state index contributed by atoms with van der Waals surface area (Å²) in [4.78, 5) is 13.8. The van der Waals surface area contributed by atoms with Crippen LogP contribution in [0.25, 0.3) is 0 Å². The summed E-state index contributed by atoms with van der Waals surface area (Å²) < 4.78 is 0. The first-order chi connectivity index (χ1) is 10.3. The number of urea groups is 1. The Morgan fingerprint density at radius 3 is 2.23 bits per heavy atom. The molecule has 3 N–H and O–H groups in total. The number of aryl methyl sites for hydroxylation is 3. The van der Waals surface area contributed by atoms with E-state index in [2.05, 4.69) is 24.4 Å². The maximum absolute atomic E-state index is 12.3. The predicted molar refractivity (Wildman–Crippen MR) is 87.8 cm³/mol. The molecule has 124 valence electrons. The highest BCUT2D eigenvalue weighted by Crippen LogP contribution is 2.16. The van der Waals surface area contributed by atoms with Gasteiger partial charge in [0, 0.05) is 13.1 Å². The lowest BCUT2D eigenvalue weighted by molar-refractivity contribution is 0.0936. The van der Waals surface area contributed by atoms with Gasteiger partial charge in [-0.1, -0.05) is 17.7 Å². The third-order valence-electron chi connectivity index (χ3n) is 3.77. The summed E-state index contributed by atoms with van der Waals surface area (Å²) in [5.41, 5.74) is 4.60. The van der Waals surface area contributed by atoms with Crippen LogP contribution in [-0.2, 0) is 6.54 Å². The van der Waals surface area contributed by atoms with Gasteiger partial charge >= 0.3 is 6.03 Å². The lowest BCUT2D eigenvalue weighted by Crippen LogP contribution is -2.49. The van der Waals surface area contributed by atoms with Crippen LogP contribution in [0.1, 0.15) is 36.1 Å². The van der Waals surface area contributed by atoms with E-state index in [1.165, 1.54) is 10.5 Å². The van der Waals surface area contributed by atoms with Crippen molar-refractivity contribution in [3.05, 3.63) is 34.4 Å². The monoisotopic (exact) mass is 308 g/mol. The average molecular weight is 308 g/mol. The van der Waals surface area contributed by atoms with Gasteiger partial charge in [0.2, 0.25) is 0 Å². The molecular weight excluding hydrogens is 280 g/mol. The van der Waals surface area contributed by atoms with Crippen molar-refractivity contribution in [2.75, 3.05) is 13.2 Å². The minimum Gasteiger partial charge on any atom is -0.394 e. The Balaban J connectivity index is 2.79. The highest BCUT2D eigenvalue weighted by molar-refractivity contribution is 5.74. The van der Waals surface area contributed by atoms with Crippen molar-refractivity contribution in [3.63, 3.8) is 0 Å². The first-order valence-electron chi connectivity index (χ1n) is 7.66. The van der Waals surface area contributed by atoms with Crippen molar-refractivity contribution in [1.29, 1.82) is 0 Å². The minimum absolute atomic E-state index is 0.136. The highest BCUT2D eigenvalue weighted by Gasteiger charge is 2.21. The quantitative estimate of drug-likeness (QED) is 0.751. The summed E-state index contributed by atoms with van der Waals surface area (Å²) in [5, 5.41) is 21.7. The van der Waals surface area contributed by atoms with Gasteiger partial charge in [0.15, 0.2) is 0 Å². The third-order valence-corrected chi connectivity index (χ3v) is 3.77. The van der Waals surface area contributed by atoms with Crippen molar-refractivity contribution in [3.8, 4) is 0 Å². The molecule has 2 amide bonds. The maximum atomic E-state index is 12.3. The summed E-state index contributed by atoms with van der Waals surface area (Å²) in [6.07, 6.45) is -0.636. The molecule has 0 radical (unpaired) electrons. The molecule has 0 aliphatic rings. The van der Waals surface area contributed by atoms with Crippen LogP contribution < -0.4 is 5.32 Å². The topological polar surface area (TPSA) is 72.8 Å². The molecule has 1 aromatic rings. The number of nitrogens with one attached hydrogen (secondary N) is 1. The molecule has 1 rings (SSSR count). The summed E-state index contributed by atoms with van der Waals surface area (Å²) in [7, 11) is 0. The molecule has 0 heterocycles. The van der Waals surface area contributed by atoms with Gasteiger partial charge in [-0.25, -0.2) is 4.79 Å². The van der Waals surface area contributed by atoms with E-state index in [0.717, 1.165) is 16.7 Å². The van der Waals surface area contributed by atoms with E-state index in [1.807, 2.05) is 13.8 Å². The predicted octanol–water partition coefficient (Wildman–Crippen LogP) is 1.89. The zero-order chi connectivity index (χ0) is 16.9. The Bertz CT molecular complexity index is 492. The highest BCUT2D eigenvalue weighted by atomic mass is 16.3. The molecule has 0 spiro atoms. The molecule has 0 bridgehead atoms. The smallest absolute Gasteiger partial charge is 0.318 e. The maximum Gasteiger partial charge on any atom is 0.318 e. The van der Waals surface area contributed by atoms with Crippen LogP contribution in [0.2, 0.25) is 0 Å². The Hall–Kier alpha value is -1.59. The van der Waals surface area contributed by atoms with E-state index in [1.54, 1.807) is 13.8 Å². The summed E-state index contributed by atoms with van der Waals surface area (Å²) >= 11 is 0. The number of aliphatic hydroxyl groups is 2. The van der Waals surface area contributed by atoms with Gasteiger partial charge in [0.1, 0.15) is 0 Å². The van der Waals surface area contributed by atoms with Crippen LogP contribution in [0.15, 0.2) is 12.1 Å². The Kier molecular flexibility index (Phi) is 6.84. The fraction of sp³-hybridized carbons (Fsp3) is 0.588. The third kappa shape index (κ3) is 5.00. The second-order valence-corrected chi connectivity index (χ2v) is 6.07. The van der Waals surface area contributed by atoms with Crippen molar-refractivity contribution >= 4 is 6.03 Å². The normalized spacial score (nSPS) is 13.6. The standard InChI is InChI=1S/C17H28N2O3/c1-11-6-12(2)16(13(3)7-11)8-18-17(22)19(9-15(5)21)14(4)10-20/h6-7,14-15,20-21H,8-10H2,1-5H3,(H,18,22)/t14-,15+/m0/s1. The number of aliphatic hydroxyl groups excluding tert-OH is 2. The zero-order valence-corrected chi connectivity index (χ0v) is 14.2. The van der Waals surface area contributed by atoms with Gasteiger partial charge in [-0.2, -0.15) is 0 Å². The minimum atomic E-state index is -0.636. The van der Waals surface area contributed by atoms with E-state index in [-0.39, 0.29) is 25.2 Å². The van der Waals surface area contributed by atoms with Crippen molar-refractivity contribution in [1.82, 2.24) is 10.2 Å². The molecule has 0 unspecified atom stereocenters. The van der Waals surface area contributed by atoms with Gasteiger partial charge in [-0.15, -0.1) is 0 Å². The molecule has 0 aromatic heterocycles. The second-order valence-electron chi connectivity index (χ2n) is 6.07. The van der Waals surface area contributed by atoms with Gasteiger partial charge in [0.05, 0.1) is 18.8 Å². The fourth-order valence-electron chi connectivity index (χ4n) is 2.60. The number of rotatable bonds is 6. The first kappa shape index (κ1) is 18.5. The Labute approximate surface area is 133 Å². The van der Waals surface area contributed by atoms with Crippen molar-refractivity contribution < 1.29 is 15.0 Å². The van der Waals surface area contributed by atoms with E-state index >= 15 is 0 Å². The second kappa shape index (κ2) is 8.15. The van der Waals surface area contributed by atoms with Crippen LogP contribution in [0, 0.1) is 20.8 Å². The average Bonchev–Trinajstić information content (AvgIpc) is 2.42. The zero-order valence-electron chi connectivity index (χ0n) is 14.2. The van der Waals surface area contributed by atoms with Crippen LogP contribution in [0.5, 0.6) is 0 Å². The van der Waals surface area contributed by atoms with Crippen molar-refractivity contribution in [2.24, 2.45) is 0 Å². The Morgan fingerprint density at radius 2 is 1.77 bits per heavy atom. The van der Waals surface area contributed by atoms with Crippen LogP contribution in [0.4, 0.5) is 4.79 Å². The number of nitrogens with zero attached hydrogens (tertiary/aromatic N) is 1.